The third kappa shape index (κ3) is 2.79. The summed E-state index contributed by atoms with van der Waals surface area (Å²) >= 11 is 0. The van der Waals surface area contributed by atoms with Gasteiger partial charge in [-0.15, -0.1) is 0 Å². The maximum Gasteiger partial charge on any atom is 0.407 e. The van der Waals surface area contributed by atoms with Gasteiger partial charge < -0.3 is 20.7 Å². The van der Waals surface area contributed by atoms with Gasteiger partial charge >= 0.3 is 6.09 Å². The molecule has 80 valence electrons. The molecule has 0 aliphatic carbocycles. The Balaban J connectivity index is 2.40. The average molecular weight is 200 g/mol. The van der Waals surface area contributed by atoms with Crippen LogP contribution < -0.4 is 11.1 Å². The molecule has 0 aromatic heterocycles. The summed E-state index contributed by atoms with van der Waals surface area (Å²) in [6.45, 7) is 1.37. The topological polar surface area (TPSA) is 91.4 Å². The van der Waals surface area contributed by atoms with E-state index in [4.69, 9.17) is 11.1 Å². The third-order valence-electron chi connectivity index (χ3n) is 2.27. The van der Waals surface area contributed by atoms with Crippen LogP contribution in [0.5, 0.6) is 0 Å². The van der Waals surface area contributed by atoms with Crippen molar-refractivity contribution < 1.29 is 9.53 Å². The van der Waals surface area contributed by atoms with Gasteiger partial charge in [-0.25, -0.2) is 4.79 Å². The average Bonchev–Trinajstić information content (AvgIpc) is 2.18. The van der Waals surface area contributed by atoms with Crippen LogP contribution >= 0.6 is 0 Å². The van der Waals surface area contributed by atoms with Gasteiger partial charge in [-0.3, -0.25) is 5.41 Å². The molecule has 14 heavy (non-hydrogen) atoms. The highest BCUT2D eigenvalue weighted by Crippen LogP contribution is 2.09. The van der Waals surface area contributed by atoms with Crippen LogP contribution in [0.4, 0.5) is 4.79 Å². The standard InChI is InChI=1S/C8H16N4O2/c1-14-8(13)11-6-3-2-4-12(5-6)7(9)10/h6H,2-5H2,1H3,(H3,9,10)(H,11,13)/t6-/m0/s1. The lowest BCUT2D eigenvalue weighted by atomic mass is 10.1. The van der Waals surface area contributed by atoms with E-state index < -0.39 is 6.09 Å². The molecule has 1 aliphatic heterocycles. The molecule has 0 bridgehead atoms. The van der Waals surface area contributed by atoms with Gasteiger partial charge in [0.1, 0.15) is 0 Å². The molecule has 0 aromatic rings. The van der Waals surface area contributed by atoms with Gasteiger partial charge in [-0.1, -0.05) is 0 Å². The van der Waals surface area contributed by atoms with Crippen LogP contribution in [0.15, 0.2) is 0 Å². The fourth-order valence-electron chi connectivity index (χ4n) is 1.54. The Morgan fingerprint density at radius 3 is 3.00 bits per heavy atom. The van der Waals surface area contributed by atoms with Crippen LogP contribution in [-0.4, -0.2) is 43.2 Å². The summed E-state index contributed by atoms with van der Waals surface area (Å²) in [6.07, 6.45) is 1.40. The number of amides is 1. The molecule has 0 aromatic carbocycles. The second-order valence-electron chi connectivity index (χ2n) is 3.31. The van der Waals surface area contributed by atoms with Crippen molar-refractivity contribution in [3.63, 3.8) is 0 Å². The van der Waals surface area contributed by atoms with Crippen molar-refractivity contribution in [2.45, 2.75) is 18.9 Å². The number of nitrogens with zero attached hydrogens (tertiary/aromatic N) is 1. The molecule has 1 rings (SSSR count). The monoisotopic (exact) mass is 200 g/mol. The first-order chi connectivity index (χ1) is 6.63. The van der Waals surface area contributed by atoms with Crippen molar-refractivity contribution in [3.05, 3.63) is 0 Å². The van der Waals surface area contributed by atoms with E-state index in [1.54, 1.807) is 4.90 Å². The van der Waals surface area contributed by atoms with Gasteiger partial charge in [-0.2, -0.15) is 0 Å². The van der Waals surface area contributed by atoms with Crippen molar-refractivity contribution in [2.24, 2.45) is 5.73 Å². The minimum Gasteiger partial charge on any atom is -0.453 e. The Morgan fingerprint density at radius 2 is 2.43 bits per heavy atom. The molecule has 1 aliphatic rings. The predicted molar refractivity (Wildman–Crippen MR) is 52.0 cm³/mol. The Labute approximate surface area is 82.9 Å². The number of hydrogen-bond donors (Lipinski definition) is 3. The summed E-state index contributed by atoms with van der Waals surface area (Å²) in [7, 11) is 1.33. The number of alkyl carbamates (subject to hydrolysis) is 1. The summed E-state index contributed by atoms with van der Waals surface area (Å²) in [5, 5.41) is 9.96. The van der Waals surface area contributed by atoms with Gasteiger partial charge in [0.25, 0.3) is 0 Å². The van der Waals surface area contributed by atoms with Gasteiger partial charge in [0.2, 0.25) is 0 Å². The maximum atomic E-state index is 10.9. The number of ether oxygens (including phenoxy) is 1. The highest BCUT2D eigenvalue weighted by atomic mass is 16.5. The Morgan fingerprint density at radius 1 is 1.71 bits per heavy atom. The number of carbonyl (C=O) groups excluding carboxylic acids is 1. The number of hydrogen-bond acceptors (Lipinski definition) is 3. The van der Waals surface area contributed by atoms with E-state index >= 15 is 0 Å². The van der Waals surface area contributed by atoms with Crippen LogP contribution in [0.2, 0.25) is 0 Å². The lowest BCUT2D eigenvalue weighted by molar-refractivity contribution is 0.159. The van der Waals surface area contributed by atoms with E-state index in [0.717, 1.165) is 19.4 Å². The third-order valence-corrected chi connectivity index (χ3v) is 2.27. The summed E-state index contributed by atoms with van der Waals surface area (Å²) in [5.74, 6) is 0.0568. The normalized spacial score (nSPS) is 21.5. The SMILES string of the molecule is COC(=O)N[C@H]1CCCN(C(=N)N)C1. The highest BCUT2D eigenvalue weighted by molar-refractivity contribution is 5.75. The number of nitrogens with two attached hydrogens (primary N) is 1. The van der Waals surface area contributed by atoms with Gasteiger partial charge in [0.15, 0.2) is 5.96 Å². The van der Waals surface area contributed by atoms with Crippen LogP contribution in [0.1, 0.15) is 12.8 Å². The Kier molecular flexibility index (Phi) is 3.55. The molecule has 1 saturated heterocycles. The highest BCUT2D eigenvalue weighted by Gasteiger charge is 2.21. The second-order valence-corrected chi connectivity index (χ2v) is 3.31. The van der Waals surface area contributed by atoms with Crippen molar-refractivity contribution >= 4 is 12.1 Å². The van der Waals surface area contributed by atoms with Crippen LogP contribution in [0.3, 0.4) is 0 Å². The number of likely N-dealkylation sites (tertiary alicyclic amines) is 1. The van der Waals surface area contributed by atoms with Gasteiger partial charge in [0, 0.05) is 19.1 Å². The van der Waals surface area contributed by atoms with Crippen molar-refractivity contribution in [2.75, 3.05) is 20.2 Å². The number of guanidine groups is 1. The minimum atomic E-state index is -0.430. The first-order valence-corrected chi connectivity index (χ1v) is 4.57. The molecular weight excluding hydrogens is 184 g/mol. The molecule has 4 N–H and O–H groups in total. The number of nitrogens with one attached hydrogen (secondary N) is 2. The van der Waals surface area contributed by atoms with Crippen LogP contribution in [-0.2, 0) is 4.74 Å². The largest absolute Gasteiger partial charge is 0.453 e. The molecule has 1 atom stereocenters. The van der Waals surface area contributed by atoms with Crippen molar-refractivity contribution in [1.29, 1.82) is 5.41 Å². The Bertz CT molecular complexity index is 231. The zero-order chi connectivity index (χ0) is 10.6. The molecule has 0 spiro atoms. The number of rotatable bonds is 1. The zero-order valence-corrected chi connectivity index (χ0v) is 8.25. The summed E-state index contributed by atoms with van der Waals surface area (Å²) in [6, 6.07) is 0.0279. The van der Waals surface area contributed by atoms with E-state index in [1.165, 1.54) is 7.11 Å². The van der Waals surface area contributed by atoms with E-state index in [0.29, 0.717) is 6.54 Å². The molecule has 0 saturated carbocycles. The van der Waals surface area contributed by atoms with Gasteiger partial charge in [0.05, 0.1) is 7.11 Å². The minimum absolute atomic E-state index is 0.0279. The molecule has 1 amide bonds. The van der Waals surface area contributed by atoms with Gasteiger partial charge in [-0.05, 0) is 12.8 Å². The summed E-state index contributed by atoms with van der Waals surface area (Å²) < 4.78 is 4.50. The Hall–Kier alpha value is -1.46. The van der Waals surface area contributed by atoms with E-state index in [9.17, 15) is 4.79 Å². The lowest BCUT2D eigenvalue weighted by Crippen LogP contribution is -2.51. The van der Waals surface area contributed by atoms with Crippen LogP contribution in [0.25, 0.3) is 0 Å². The molecule has 1 fully saturated rings. The maximum absolute atomic E-state index is 10.9. The van der Waals surface area contributed by atoms with E-state index in [-0.39, 0.29) is 12.0 Å². The fourth-order valence-corrected chi connectivity index (χ4v) is 1.54. The first-order valence-electron chi connectivity index (χ1n) is 4.57. The van der Waals surface area contributed by atoms with E-state index in [2.05, 4.69) is 10.1 Å². The van der Waals surface area contributed by atoms with Crippen molar-refractivity contribution in [3.8, 4) is 0 Å². The molecular formula is C8H16N4O2. The first kappa shape index (κ1) is 10.6. The molecule has 1 heterocycles. The molecule has 0 unspecified atom stereocenters. The summed E-state index contributed by atoms with van der Waals surface area (Å²) in [4.78, 5) is 12.7. The van der Waals surface area contributed by atoms with E-state index in [1.807, 2.05) is 0 Å². The number of carbonyl (C=O) groups is 1. The second kappa shape index (κ2) is 4.69. The lowest BCUT2D eigenvalue weighted by Gasteiger charge is -2.32. The zero-order valence-electron chi connectivity index (χ0n) is 8.25. The van der Waals surface area contributed by atoms with Crippen molar-refractivity contribution in [1.82, 2.24) is 10.2 Å². The molecule has 6 nitrogen and oxygen atoms in total. The molecule has 0 radical (unpaired) electrons. The quantitative estimate of drug-likeness (QED) is 0.400. The number of methoxy groups -OCH3 is 1. The van der Waals surface area contributed by atoms with Crippen LogP contribution in [0, 0.1) is 5.41 Å². The number of piperidine rings is 1. The summed E-state index contributed by atoms with van der Waals surface area (Å²) in [5.41, 5.74) is 5.36. The molecule has 6 heteroatoms. The predicted octanol–water partition coefficient (Wildman–Crippen LogP) is -0.300. The smallest absolute Gasteiger partial charge is 0.407 e. The fraction of sp³-hybridized carbons (Fsp3) is 0.750.